The molecular weight excluding hydrogens is 246 g/mol. The maximum Gasteiger partial charge on any atom is 0.132 e. The molecule has 0 amide bonds. The molecule has 0 aromatic carbocycles. The molecule has 100 valence electrons. The lowest BCUT2D eigenvalue weighted by molar-refractivity contribution is 0.640. The van der Waals surface area contributed by atoms with E-state index in [1.54, 1.807) is 0 Å². The summed E-state index contributed by atoms with van der Waals surface area (Å²) in [4.78, 5) is 4.66. The number of unbranched alkanes of at least 4 members (excludes halogenated alkanes) is 2. The Morgan fingerprint density at radius 3 is 2.50 bits per heavy atom. The second kappa shape index (κ2) is 8.16. The Kier molecular flexibility index (Phi) is 6.82. The number of aromatic nitrogens is 2. The zero-order chi connectivity index (χ0) is 13.4. The first-order chi connectivity index (χ1) is 8.74. The smallest absolute Gasteiger partial charge is 0.132 e. The van der Waals surface area contributed by atoms with E-state index in [4.69, 9.17) is 16.9 Å². The first kappa shape index (κ1) is 15.0. The van der Waals surface area contributed by atoms with E-state index in [9.17, 15) is 0 Å². The second-order valence-electron chi connectivity index (χ2n) is 4.53. The fraction of sp³-hybridized carbons (Fsp3) is 0.714. The van der Waals surface area contributed by atoms with Gasteiger partial charge in [0.15, 0.2) is 0 Å². The number of nitrogens with zero attached hydrogens (tertiary/aromatic N) is 3. The van der Waals surface area contributed by atoms with E-state index in [1.807, 2.05) is 4.57 Å². The average Bonchev–Trinajstić information content (AvgIpc) is 2.68. The van der Waals surface area contributed by atoms with Gasteiger partial charge in [0.1, 0.15) is 11.0 Å². The topological polar surface area (TPSA) is 41.6 Å². The molecule has 18 heavy (non-hydrogen) atoms. The number of imidazole rings is 1. The van der Waals surface area contributed by atoms with Gasteiger partial charge in [-0.05, 0) is 19.3 Å². The largest absolute Gasteiger partial charge is 0.318 e. The van der Waals surface area contributed by atoms with Gasteiger partial charge in [0.05, 0.1) is 18.2 Å². The fourth-order valence-electron chi connectivity index (χ4n) is 1.95. The highest BCUT2D eigenvalue weighted by molar-refractivity contribution is 6.30. The molecule has 0 saturated heterocycles. The third kappa shape index (κ3) is 4.03. The predicted molar refractivity (Wildman–Crippen MR) is 74.7 cm³/mol. The number of halogens is 1. The Hall–Kier alpha value is -1.01. The van der Waals surface area contributed by atoms with Crippen LogP contribution in [0.25, 0.3) is 0 Å². The summed E-state index contributed by atoms with van der Waals surface area (Å²) in [6, 6.07) is 2.17. The van der Waals surface area contributed by atoms with E-state index in [0.717, 1.165) is 55.2 Å². The molecule has 1 aromatic heterocycles. The van der Waals surface area contributed by atoms with Crippen LogP contribution in [-0.4, -0.2) is 9.55 Å². The number of hydrogen-bond donors (Lipinski definition) is 0. The zero-order valence-electron chi connectivity index (χ0n) is 11.4. The van der Waals surface area contributed by atoms with Crippen molar-refractivity contribution in [3.8, 4) is 6.07 Å². The molecular formula is C14H22ClN3. The molecule has 1 aromatic rings. The van der Waals surface area contributed by atoms with Crippen LogP contribution < -0.4 is 0 Å². The molecule has 1 heterocycles. The van der Waals surface area contributed by atoms with Crippen molar-refractivity contribution in [2.75, 3.05) is 0 Å². The van der Waals surface area contributed by atoms with E-state index < -0.39 is 0 Å². The van der Waals surface area contributed by atoms with Crippen molar-refractivity contribution in [3.63, 3.8) is 0 Å². The van der Waals surface area contributed by atoms with E-state index in [2.05, 4.69) is 24.9 Å². The third-order valence-electron chi connectivity index (χ3n) is 3.02. The Morgan fingerprint density at radius 2 is 1.89 bits per heavy atom. The van der Waals surface area contributed by atoms with Crippen LogP contribution in [0.5, 0.6) is 0 Å². The number of nitriles is 1. The summed E-state index contributed by atoms with van der Waals surface area (Å²) in [7, 11) is 0. The number of rotatable bonds is 8. The van der Waals surface area contributed by atoms with E-state index in [1.165, 1.54) is 0 Å². The van der Waals surface area contributed by atoms with Gasteiger partial charge in [-0.25, -0.2) is 4.98 Å². The second-order valence-corrected chi connectivity index (χ2v) is 4.89. The summed E-state index contributed by atoms with van der Waals surface area (Å²) < 4.78 is 2.02. The first-order valence-corrected chi connectivity index (χ1v) is 7.23. The highest BCUT2D eigenvalue weighted by Gasteiger charge is 2.14. The van der Waals surface area contributed by atoms with Crippen LogP contribution in [0.2, 0.25) is 5.15 Å². The van der Waals surface area contributed by atoms with E-state index in [-0.39, 0.29) is 0 Å². The van der Waals surface area contributed by atoms with Gasteiger partial charge in [0, 0.05) is 13.0 Å². The van der Waals surface area contributed by atoms with Gasteiger partial charge >= 0.3 is 0 Å². The summed E-state index contributed by atoms with van der Waals surface area (Å²) in [6.07, 6.45) is 6.90. The molecule has 4 heteroatoms. The van der Waals surface area contributed by atoms with Crippen LogP contribution in [-0.2, 0) is 19.4 Å². The maximum absolute atomic E-state index is 8.71. The van der Waals surface area contributed by atoms with Gasteiger partial charge in [-0.1, -0.05) is 38.3 Å². The van der Waals surface area contributed by atoms with Crippen molar-refractivity contribution < 1.29 is 0 Å². The van der Waals surface area contributed by atoms with Crippen molar-refractivity contribution >= 4 is 11.6 Å². The van der Waals surface area contributed by atoms with Crippen LogP contribution in [0.15, 0.2) is 0 Å². The lowest BCUT2D eigenvalue weighted by Crippen LogP contribution is -2.04. The zero-order valence-corrected chi connectivity index (χ0v) is 12.1. The molecule has 0 radical (unpaired) electrons. The molecule has 0 spiro atoms. The van der Waals surface area contributed by atoms with Crippen LogP contribution in [0, 0.1) is 11.3 Å². The maximum atomic E-state index is 8.71. The molecule has 0 fully saturated rings. The van der Waals surface area contributed by atoms with Crippen molar-refractivity contribution in [1.82, 2.24) is 9.55 Å². The van der Waals surface area contributed by atoms with Gasteiger partial charge < -0.3 is 4.57 Å². The summed E-state index contributed by atoms with van der Waals surface area (Å²) in [5.41, 5.74) is 1.00. The number of hydrogen-bond acceptors (Lipinski definition) is 2. The van der Waals surface area contributed by atoms with Crippen molar-refractivity contribution in [2.45, 2.75) is 65.3 Å². The minimum absolute atomic E-state index is 0.489. The van der Waals surface area contributed by atoms with Crippen molar-refractivity contribution in [2.24, 2.45) is 0 Å². The molecule has 0 bridgehead atoms. The van der Waals surface area contributed by atoms with Gasteiger partial charge in [0.2, 0.25) is 0 Å². The van der Waals surface area contributed by atoms with Gasteiger partial charge in [-0.3, -0.25) is 0 Å². The molecule has 0 atom stereocenters. The number of aryl methyl sites for hydroxylation is 2. The van der Waals surface area contributed by atoms with Crippen molar-refractivity contribution in [3.05, 3.63) is 16.7 Å². The molecule has 1 rings (SSSR count). The normalized spacial score (nSPS) is 10.6. The molecule has 3 nitrogen and oxygen atoms in total. The lowest BCUT2D eigenvalue weighted by Gasteiger charge is -2.06. The van der Waals surface area contributed by atoms with Gasteiger partial charge in [0.25, 0.3) is 0 Å². The summed E-state index contributed by atoms with van der Waals surface area (Å²) in [6.45, 7) is 4.99. The SMILES string of the molecule is CCCCc1nc(CCCC)n(CCC#N)c1Cl. The highest BCUT2D eigenvalue weighted by Crippen LogP contribution is 2.21. The molecule has 0 aliphatic carbocycles. The standard InChI is InChI=1S/C14H22ClN3/c1-3-5-8-12-14(15)18(11-7-10-16)13(17-12)9-6-4-2/h3-9,11H2,1-2H3. The van der Waals surface area contributed by atoms with E-state index >= 15 is 0 Å². The van der Waals surface area contributed by atoms with Crippen LogP contribution in [0.3, 0.4) is 0 Å². The highest BCUT2D eigenvalue weighted by atomic mass is 35.5. The first-order valence-electron chi connectivity index (χ1n) is 6.85. The third-order valence-corrected chi connectivity index (χ3v) is 3.44. The molecule has 0 unspecified atom stereocenters. The summed E-state index contributed by atoms with van der Waals surface area (Å²) in [5, 5.41) is 9.45. The molecule has 0 saturated carbocycles. The Balaban J connectivity index is 2.87. The summed E-state index contributed by atoms with van der Waals surface area (Å²) in [5.74, 6) is 1.04. The van der Waals surface area contributed by atoms with Crippen LogP contribution in [0.4, 0.5) is 0 Å². The van der Waals surface area contributed by atoms with Crippen LogP contribution >= 0.6 is 11.6 Å². The monoisotopic (exact) mass is 267 g/mol. The van der Waals surface area contributed by atoms with E-state index in [0.29, 0.717) is 13.0 Å². The van der Waals surface area contributed by atoms with Crippen molar-refractivity contribution in [1.29, 1.82) is 5.26 Å². The summed E-state index contributed by atoms with van der Waals surface area (Å²) >= 11 is 6.37. The minimum atomic E-state index is 0.489. The lowest BCUT2D eigenvalue weighted by atomic mass is 10.2. The Labute approximate surface area is 115 Å². The minimum Gasteiger partial charge on any atom is -0.318 e. The average molecular weight is 268 g/mol. The molecule has 0 aliphatic heterocycles. The fourth-order valence-corrected chi connectivity index (χ4v) is 2.27. The Bertz CT molecular complexity index is 404. The predicted octanol–water partition coefficient (Wildman–Crippen LogP) is 4.14. The van der Waals surface area contributed by atoms with Crippen LogP contribution in [0.1, 0.15) is 57.5 Å². The van der Waals surface area contributed by atoms with Gasteiger partial charge in [-0.2, -0.15) is 5.26 Å². The Morgan fingerprint density at radius 1 is 1.22 bits per heavy atom. The molecule has 0 aliphatic rings. The quantitative estimate of drug-likeness (QED) is 0.710. The van der Waals surface area contributed by atoms with Gasteiger partial charge in [-0.15, -0.1) is 0 Å². The molecule has 0 N–H and O–H groups in total.